The first kappa shape index (κ1) is 16.6. The molecule has 0 saturated carbocycles. The van der Waals surface area contributed by atoms with Crippen LogP contribution in [0.3, 0.4) is 0 Å². The predicted octanol–water partition coefficient (Wildman–Crippen LogP) is 5.01. The van der Waals surface area contributed by atoms with E-state index < -0.39 is 0 Å². The Kier molecular flexibility index (Phi) is 4.91. The van der Waals surface area contributed by atoms with E-state index in [-0.39, 0.29) is 11.3 Å². The SMILES string of the molecule is COc1ccc(Br)c(C(=O)Nc2ccccc2C(C)(C)C)c1. The van der Waals surface area contributed by atoms with Crippen LogP contribution in [-0.2, 0) is 5.41 Å². The standard InChI is InChI=1S/C18H20BrNO2/c1-18(2,3)14-7-5-6-8-16(14)20-17(21)13-11-12(22-4)9-10-15(13)19/h5-11H,1-4H3,(H,20,21). The van der Waals surface area contributed by atoms with Crippen molar-refractivity contribution in [3.63, 3.8) is 0 Å². The highest BCUT2D eigenvalue weighted by atomic mass is 79.9. The van der Waals surface area contributed by atoms with Crippen LogP contribution in [0.25, 0.3) is 0 Å². The molecule has 0 aliphatic rings. The van der Waals surface area contributed by atoms with Crippen LogP contribution in [0.4, 0.5) is 5.69 Å². The second-order valence-electron chi connectivity index (χ2n) is 6.10. The molecular weight excluding hydrogens is 342 g/mol. The fourth-order valence-corrected chi connectivity index (χ4v) is 2.67. The highest BCUT2D eigenvalue weighted by Crippen LogP contribution is 2.30. The molecular formula is C18H20BrNO2. The number of carbonyl (C=O) groups excluding carboxylic acids is 1. The molecule has 22 heavy (non-hydrogen) atoms. The molecule has 0 radical (unpaired) electrons. The van der Waals surface area contributed by atoms with E-state index in [9.17, 15) is 4.79 Å². The van der Waals surface area contributed by atoms with Gasteiger partial charge in [-0.1, -0.05) is 39.0 Å². The average Bonchev–Trinajstić information content (AvgIpc) is 2.47. The number of rotatable bonds is 3. The fourth-order valence-electron chi connectivity index (χ4n) is 2.24. The van der Waals surface area contributed by atoms with Crippen molar-refractivity contribution in [3.05, 3.63) is 58.1 Å². The molecule has 0 bridgehead atoms. The van der Waals surface area contributed by atoms with E-state index in [1.807, 2.05) is 36.4 Å². The van der Waals surface area contributed by atoms with Crippen molar-refractivity contribution >= 4 is 27.5 Å². The second kappa shape index (κ2) is 6.53. The zero-order valence-electron chi connectivity index (χ0n) is 13.2. The van der Waals surface area contributed by atoms with Gasteiger partial charge in [0.25, 0.3) is 5.91 Å². The van der Waals surface area contributed by atoms with Crippen molar-refractivity contribution in [1.82, 2.24) is 0 Å². The second-order valence-corrected chi connectivity index (χ2v) is 6.95. The first-order valence-electron chi connectivity index (χ1n) is 7.07. The van der Waals surface area contributed by atoms with Crippen molar-refractivity contribution in [2.45, 2.75) is 26.2 Å². The Bertz CT molecular complexity index is 690. The number of anilines is 1. The summed E-state index contributed by atoms with van der Waals surface area (Å²) in [5.74, 6) is 0.486. The van der Waals surface area contributed by atoms with Crippen LogP contribution in [-0.4, -0.2) is 13.0 Å². The first-order chi connectivity index (χ1) is 10.3. The number of carbonyl (C=O) groups is 1. The molecule has 2 aromatic carbocycles. The van der Waals surface area contributed by atoms with Crippen LogP contribution >= 0.6 is 15.9 Å². The Labute approximate surface area is 139 Å². The number of ether oxygens (including phenoxy) is 1. The third-order valence-corrected chi connectivity index (χ3v) is 4.09. The van der Waals surface area contributed by atoms with E-state index in [0.717, 1.165) is 15.7 Å². The van der Waals surface area contributed by atoms with Crippen LogP contribution in [0.2, 0.25) is 0 Å². The number of halogens is 1. The Balaban J connectivity index is 2.34. The molecule has 3 nitrogen and oxygen atoms in total. The Morgan fingerprint density at radius 3 is 2.45 bits per heavy atom. The van der Waals surface area contributed by atoms with Gasteiger partial charge >= 0.3 is 0 Å². The summed E-state index contributed by atoms with van der Waals surface area (Å²) >= 11 is 3.42. The summed E-state index contributed by atoms with van der Waals surface area (Å²) in [6, 6.07) is 13.2. The minimum atomic E-state index is -0.164. The maximum absolute atomic E-state index is 12.6. The molecule has 0 saturated heterocycles. The van der Waals surface area contributed by atoms with E-state index in [4.69, 9.17) is 4.74 Å². The smallest absolute Gasteiger partial charge is 0.256 e. The molecule has 0 aromatic heterocycles. The van der Waals surface area contributed by atoms with E-state index in [1.165, 1.54) is 0 Å². The zero-order valence-corrected chi connectivity index (χ0v) is 14.8. The molecule has 4 heteroatoms. The van der Waals surface area contributed by atoms with Crippen LogP contribution < -0.4 is 10.1 Å². The summed E-state index contributed by atoms with van der Waals surface area (Å²) in [6.07, 6.45) is 0. The zero-order chi connectivity index (χ0) is 16.3. The van der Waals surface area contributed by atoms with Crippen molar-refractivity contribution in [1.29, 1.82) is 0 Å². The van der Waals surface area contributed by atoms with Crippen LogP contribution in [0.15, 0.2) is 46.9 Å². The van der Waals surface area contributed by atoms with E-state index in [2.05, 4.69) is 42.0 Å². The fraction of sp³-hybridized carbons (Fsp3) is 0.278. The van der Waals surface area contributed by atoms with Gasteiger partial charge in [-0.2, -0.15) is 0 Å². The highest BCUT2D eigenvalue weighted by molar-refractivity contribution is 9.10. The molecule has 116 valence electrons. The minimum Gasteiger partial charge on any atom is -0.497 e. The Morgan fingerprint density at radius 2 is 1.82 bits per heavy atom. The summed E-state index contributed by atoms with van der Waals surface area (Å²) in [5.41, 5.74) is 2.43. The molecule has 0 unspecified atom stereocenters. The molecule has 0 fully saturated rings. The van der Waals surface area contributed by atoms with Gasteiger partial charge in [0.05, 0.1) is 12.7 Å². The summed E-state index contributed by atoms with van der Waals surface area (Å²) in [6.45, 7) is 6.37. The molecule has 0 atom stereocenters. The van der Waals surface area contributed by atoms with Crippen molar-refractivity contribution < 1.29 is 9.53 Å². The number of benzene rings is 2. The van der Waals surface area contributed by atoms with Gasteiger partial charge in [0, 0.05) is 10.2 Å². The van der Waals surface area contributed by atoms with Crippen molar-refractivity contribution in [2.24, 2.45) is 0 Å². The number of para-hydroxylation sites is 1. The number of nitrogens with one attached hydrogen (secondary N) is 1. The van der Waals surface area contributed by atoms with Crippen molar-refractivity contribution in [3.8, 4) is 5.75 Å². The topological polar surface area (TPSA) is 38.3 Å². The van der Waals surface area contributed by atoms with Crippen molar-refractivity contribution in [2.75, 3.05) is 12.4 Å². The lowest BCUT2D eigenvalue weighted by Crippen LogP contribution is -2.19. The molecule has 1 N–H and O–H groups in total. The van der Waals surface area contributed by atoms with Crippen LogP contribution in [0.1, 0.15) is 36.7 Å². The Morgan fingerprint density at radius 1 is 1.14 bits per heavy atom. The van der Waals surface area contributed by atoms with Gasteiger partial charge < -0.3 is 10.1 Å². The molecule has 0 aliphatic heterocycles. The van der Waals surface area contributed by atoms with Gasteiger partial charge in [0.2, 0.25) is 0 Å². The van der Waals surface area contributed by atoms with Gasteiger partial charge in [-0.15, -0.1) is 0 Å². The molecule has 2 rings (SSSR count). The number of methoxy groups -OCH3 is 1. The number of amides is 1. The van der Waals surface area contributed by atoms with Gasteiger partial charge in [0.15, 0.2) is 0 Å². The molecule has 0 aliphatic carbocycles. The normalized spacial score (nSPS) is 11.1. The van der Waals surface area contributed by atoms with Crippen LogP contribution in [0, 0.1) is 0 Å². The molecule has 0 spiro atoms. The van der Waals surface area contributed by atoms with Gasteiger partial charge in [-0.25, -0.2) is 0 Å². The minimum absolute atomic E-state index is 0.0461. The quantitative estimate of drug-likeness (QED) is 0.834. The lowest BCUT2D eigenvalue weighted by Gasteiger charge is -2.23. The summed E-state index contributed by atoms with van der Waals surface area (Å²) < 4.78 is 5.92. The predicted molar refractivity (Wildman–Crippen MR) is 93.8 cm³/mol. The lowest BCUT2D eigenvalue weighted by atomic mass is 9.86. The summed E-state index contributed by atoms with van der Waals surface area (Å²) in [7, 11) is 1.58. The average molecular weight is 362 g/mol. The van der Waals surface area contributed by atoms with Gasteiger partial charge in [-0.3, -0.25) is 4.79 Å². The molecule has 0 heterocycles. The maximum atomic E-state index is 12.6. The monoisotopic (exact) mass is 361 g/mol. The van der Waals surface area contributed by atoms with E-state index in [0.29, 0.717) is 11.3 Å². The third-order valence-electron chi connectivity index (χ3n) is 3.40. The van der Waals surface area contributed by atoms with Crippen LogP contribution in [0.5, 0.6) is 5.75 Å². The maximum Gasteiger partial charge on any atom is 0.256 e. The number of hydrogen-bond acceptors (Lipinski definition) is 2. The van der Waals surface area contributed by atoms with Gasteiger partial charge in [0.1, 0.15) is 5.75 Å². The summed E-state index contributed by atoms with van der Waals surface area (Å²) in [5, 5.41) is 3.00. The van der Waals surface area contributed by atoms with E-state index in [1.54, 1.807) is 13.2 Å². The summed E-state index contributed by atoms with van der Waals surface area (Å²) in [4.78, 5) is 12.6. The highest BCUT2D eigenvalue weighted by Gasteiger charge is 2.19. The Hall–Kier alpha value is -1.81. The largest absolute Gasteiger partial charge is 0.497 e. The lowest BCUT2D eigenvalue weighted by molar-refractivity contribution is 0.102. The molecule has 2 aromatic rings. The van der Waals surface area contributed by atoms with Gasteiger partial charge in [-0.05, 0) is 51.2 Å². The first-order valence-corrected chi connectivity index (χ1v) is 7.86. The van der Waals surface area contributed by atoms with E-state index >= 15 is 0 Å². The molecule has 1 amide bonds. The third kappa shape index (κ3) is 3.69. The number of hydrogen-bond donors (Lipinski definition) is 1.